The molecule has 0 unspecified atom stereocenters. The van der Waals surface area contributed by atoms with E-state index in [0.29, 0.717) is 4.47 Å². The van der Waals surface area contributed by atoms with E-state index in [1.807, 2.05) is 5.32 Å². The van der Waals surface area contributed by atoms with Crippen LogP contribution in [0.5, 0.6) is 0 Å². The lowest BCUT2D eigenvalue weighted by atomic mass is 10.2. The number of ether oxygens (including phenoxy) is 1. The van der Waals surface area contributed by atoms with Gasteiger partial charge in [0.2, 0.25) is 0 Å². The van der Waals surface area contributed by atoms with E-state index < -0.39 is 30.3 Å². The molecular weight excluding hydrogens is 323 g/mol. The predicted molar refractivity (Wildman–Crippen MR) is 67.0 cm³/mol. The van der Waals surface area contributed by atoms with Gasteiger partial charge >= 0.3 is 12.0 Å². The van der Waals surface area contributed by atoms with Crippen LogP contribution in [0.4, 0.5) is 9.18 Å². The summed E-state index contributed by atoms with van der Waals surface area (Å²) < 4.78 is 18.4. The molecule has 0 aliphatic carbocycles. The van der Waals surface area contributed by atoms with Gasteiger partial charge in [0.15, 0.2) is 6.61 Å². The SMILES string of the molecule is CNC(=O)NC(=O)COC(=O)c1ccc(Br)cc1F. The molecule has 6 nitrogen and oxygen atoms in total. The number of hydrogen-bond acceptors (Lipinski definition) is 4. The first-order valence-electron chi connectivity index (χ1n) is 5.07. The van der Waals surface area contributed by atoms with E-state index in [4.69, 9.17) is 0 Å². The zero-order chi connectivity index (χ0) is 14.4. The van der Waals surface area contributed by atoms with Crippen molar-refractivity contribution in [2.75, 3.05) is 13.7 Å². The fourth-order valence-corrected chi connectivity index (χ4v) is 1.42. The van der Waals surface area contributed by atoms with Crippen molar-refractivity contribution >= 4 is 33.8 Å². The van der Waals surface area contributed by atoms with Crippen LogP contribution < -0.4 is 10.6 Å². The summed E-state index contributed by atoms with van der Waals surface area (Å²) in [5.41, 5.74) is -0.295. The third-order valence-corrected chi connectivity index (χ3v) is 2.46. The summed E-state index contributed by atoms with van der Waals surface area (Å²) in [4.78, 5) is 33.4. The van der Waals surface area contributed by atoms with Crippen LogP contribution in [-0.2, 0) is 9.53 Å². The molecule has 1 rings (SSSR count). The molecule has 0 aromatic heterocycles. The maximum Gasteiger partial charge on any atom is 0.341 e. The van der Waals surface area contributed by atoms with Crippen LogP contribution in [0.15, 0.2) is 22.7 Å². The highest BCUT2D eigenvalue weighted by molar-refractivity contribution is 9.10. The smallest absolute Gasteiger partial charge is 0.341 e. The van der Waals surface area contributed by atoms with Gasteiger partial charge in [0.05, 0.1) is 5.56 Å². The van der Waals surface area contributed by atoms with Crippen LogP contribution in [0.3, 0.4) is 0 Å². The Balaban J connectivity index is 2.56. The van der Waals surface area contributed by atoms with E-state index in [1.54, 1.807) is 0 Å². The summed E-state index contributed by atoms with van der Waals surface area (Å²) in [5, 5.41) is 4.05. The van der Waals surface area contributed by atoms with Crippen molar-refractivity contribution in [3.05, 3.63) is 34.1 Å². The molecule has 0 bridgehead atoms. The van der Waals surface area contributed by atoms with E-state index in [0.717, 1.165) is 6.07 Å². The fourth-order valence-electron chi connectivity index (χ4n) is 1.09. The Morgan fingerprint density at radius 3 is 2.63 bits per heavy atom. The lowest BCUT2D eigenvalue weighted by Gasteiger charge is -2.06. The maximum atomic E-state index is 13.4. The zero-order valence-corrected chi connectivity index (χ0v) is 11.4. The quantitative estimate of drug-likeness (QED) is 0.814. The third-order valence-electron chi connectivity index (χ3n) is 1.97. The molecule has 3 amide bonds. The number of amides is 3. The van der Waals surface area contributed by atoms with Crippen LogP contribution in [0.1, 0.15) is 10.4 Å². The molecule has 1 aromatic carbocycles. The van der Waals surface area contributed by atoms with Crippen molar-refractivity contribution in [3.63, 3.8) is 0 Å². The lowest BCUT2D eigenvalue weighted by Crippen LogP contribution is -2.39. The first kappa shape index (κ1) is 15.1. The maximum absolute atomic E-state index is 13.4. The normalized spacial score (nSPS) is 9.63. The van der Waals surface area contributed by atoms with Crippen molar-refractivity contribution < 1.29 is 23.5 Å². The van der Waals surface area contributed by atoms with Gasteiger partial charge in [-0.15, -0.1) is 0 Å². The highest BCUT2D eigenvalue weighted by Crippen LogP contribution is 2.15. The van der Waals surface area contributed by atoms with Crippen molar-refractivity contribution in [2.24, 2.45) is 0 Å². The minimum absolute atomic E-state index is 0.295. The molecule has 0 saturated carbocycles. The Labute approximate surface area is 116 Å². The molecule has 0 radical (unpaired) electrons. The van der Waals surface area contributed by atoms with Crippen LogP contribution in [0.2, 0.25) is 0 Å². The summed E-state index contributed by atoms with van der Waals surface area (Å²) in [6, 6.07) is 3.06. The average molecular weight is 333 g/mol. The van der Waals surface area contributed by atoms with Gasteiger partial charge in [-0.2, -0.15) is 0 Å². The first-order chi connectivity index (χ1) is 8.93. The molecule has 1 aromatic rings. The molecule has 8 heteroatoms. The van der Waals surface area contributed by atoms with Gasteiger partial charge in [-0.1, -0.05) is 15.9 Å². The second-order valence-electron chi connectivity index (χ2n) is 3.33. The number of halogens is 2. The van der Waals surface area contributed by atoms with Crippen molar-refractivity contribution in [3.8, 4) is 0 Å². The summed E-state index contributed by atoms with van der Waals surface area (Å²) in [6.07, 6.45) is 0. The van der Waals surface area contributed by atoms with Gasteiger partial charge in [-0.05, 0) is 18.2 Å². The lowest BCUT2D eigenvalue weighted by molar-refractivity contribution is -0.123. The number of nitrogens with one attached hydrogen (secondary N) is 2. The van der Waals surface area contributed by atoms with E-state index >= 15 is 0 Å². The van der Waals surface area contributed by atoms with Crippen molar-refractivity contribution in [1.82, 2.24) is 10.6 Å². The van der Waals surface area contributed by atoms with Gasteiger partial charge < -0.3 is 10.1 Å². The highest BCUT2D eigenvalue weighted by Gasteiger charge is 2.15. The van der Waals surface area contributed by atoms with Crippen LogP contribution >= 0.6 is 15.9 Å². The molecule has 0 atom stereocenters. The Bertz CT molecular complexity index is 521. The van der Waals surface area contributed by atoms with Gasteiger partial charge in [0, 0.05) is 11.5 Å². The van der Waals surface area contributed by atoms with Gasteiger partial charge in [-0.3, -0.25) is 10.1 Å². The molecule has 0 aliphatic rings. The molecule has 19 heavy (non-hydrogen) atoms. The summed E-state index contributed by atoms with van der Waals surface area (Å²) in [6.45, 7) is -0.679. The Kier molecular flexibility index (Phi) is 5.43. The molecule has 0 spiro atoms. The zero-order valence-electron chi connectivity index (χ0n) is 9.83. The largest absolute Gasteiger partial charge is 0.452 e. The Morgan fingerprint density at radius 2 is 2.05 bits per heavy atom. The molecule has 0 saturated heterocycles. The van der Waals surface area contributed by atoms with E-state index in [1.165, 1.54) is 19.2 Å². The van der Waals surface area contributed by atoms with E-state index in [2.05, 4.69) is 26.0 Å². The number of urea groups is 1. The van der Waals surface area contributed by atoms with Gasteiger partial charge in [0.25, 0.3) is 5.91 Å². The average Bonchev–Trinajstić information content (AvgIpc) is 2.35. The van der Waals surface area contributed by atoms with Crippen LogP contribution in [0.25, 0.3) is 0 Å². The predicted octanol–water partition coefficient (Wildman–Crippen LogP) is 1.20. The Hall–Kier alpha value is -1.96. The standard InChI is InChI=1S/C11H10BrFN2O4/c1-14-11(18)15-9(16)5-19-10(17)7-3-2-6(12)4-8(7)13/h2-4H,5H2,1H3,(H2,14,15,16,18). The topological polar surface area (TPSA) is 84.5 Å². The molecule has 0 fully saturated rings. The summed E-state index contributed by atoms with van der Waals surface area (Å²) >= 11 is 3.04. The molecular formula is C11H10BrFN2O4. The highest BCUT2D eigenvalue weighted by atomic mass is 79.9. The summed E-state index contributed by atoms with van der Waals surface area (Å²) in [7, 11) is 1.33. The Morgan fingerprint density at radius 1 is 1.37 bits per heavy atom. The minimum Gasteiger partial charge on any atom is -0.452 e. The number of benzene rings is 1. The molecule has 0 heterocycles. The number of carbonyl (C=O) groups excluding carboxylic acids is 3. The van der Waals surface area contributed by atoms with Gasteiger partial charge in [0.1, 0.15) is 5.82 Å². The van der Waals surface area contributed by atoms with Crippen molar-refractivity contribution in [1.29, 1.82) is 0 Å². The van der Waals surface area contributed by atoms with Crippen LogP contribution in [0, 0.1) is 5.82 Å². The van der Waals surface area contributed by atoms with Gasteiger partial charge in [-0.25, -0.2) is 14.0 Å². The number of hydrogen-bond donors (Lipinski definition) is 2. The third kappa shape index (κ3) is 4.66. The number of imide groups is 1. The second-order valence-corrected chi connectivity index (χ2v) is 4.24. The number of rotatable bonds is 3. The molecule has 0 aliphatic heterocycles. The summed E-state index contributed by atoms with van der Waals surface area (Å²) in [5.74, 6) is -2.58. The van der Waals surface area contributed by atoms with Crippen LogP contribution in [-0.4, -0.2) is 31.6 Å². The van der Waals surface area contributed by atoms with E-state index in [-0.39, 0.29) is 5.56 Å². The molecule has 102 valence electrons. The fraction of sp³-hybridized carbons (Fsp3) is 0.182. The minimum atomic E-state index is -0.989. The number of carbonyl (C=O) groups is 3. The monoisotopic (exact) mass is 332 g/mol. The van der Waals surface area contributed by atoms with Crippen molar-refractivity contribution in [2.45, 2.75) is 0 Å². The van der Waals surface area contributed by atoms with E-state index in [9.17, 15) is 18.8 Å². The first-order valence-corrected chi connectivity index (χ1v) is 5.87. The second kappa shape index (κ2) is 6.83. The molecule has 2 N–H and O–H groups in total. The number of esters is 1.